The average molecular weight is 1620 g/mol. The summed E-state index contributed by atoms with van der Waals surface area (Å²) in [6, 6.07) is 2.42. The standard InChI is InChI=1S/C74H105N17O20S2/c1-40(92)66-62(99)33-46(35-65(102)103)71(108)91-26-8-15-56(91)61(98)32-43(9-4-22-81-73(77)78)68(105)87-55(39-113)60(97)29-42(10-5-23-82-74(79)111)67(104)86-53(28-48-37-83-51-13-3-2-12-50(48)51)58(95)31-45(18-21-63(76)100)69(106)85-52(57(94)34-47(72(109)110)27-41-16-19-49(93)20-17-41)14-7-25-90(89-80)24-6-11-44(70(107)88-66)30-59(96)54(38-112)84-64(101)36-75/h2-3,6,12-13,16-17,19-20,24,37,40,42-47,52-56,66,80,83,92-93,112-113H,4-5,7-11,14-15,18,21-23,25-36,38-39,75H2,1H3,(H2,76,100)(H,84,101)(H,85,106)(H,86,104)(H,87,105)(H,88,107)(H,102,103)(H,109,110)(H4,77,78,81)(H3,79,82,111)/t40-,42-,43-,44-,45-,46+,47+,52+,53+,54+,55+,56+,66+/m1/s1. The van der Waals surface area contributed by atoms with E-state index in [1.165, 1.54) is 36.5 Å². The van der Waals surface area contributed by atoms with E-state index in [-0.39, 0.29) is 108 Å². The van der Waals surface area contributed by atoms with E-state index >= 15 is 14.4 Å². The monoisotopic (exact) mass is 1620 g/mol. The van der Waals surface area contributed by atoms with E-state index < -0.39 is 248 Å². The number of amides is 9. The fraction of sp³-hybridized carbons (Fsp3) is 0.554. The number of fused-ring (bicyclic) bond motifs is 2. The fourth-order valence-electron chi connectivity index (χ4n) is 13.6. The van der Waals surface area contributed by atoms with Crippen LogP contribution in [0.15, 0.2) is 77.2 Å². The van der Waals surface area contributed by atoms with Gasteiger partial charge in [-0.3, -0.25) is 81.9 Å². The molecular weight excluding hydrogens is 1510 g/mol. The SMILES string of the molecule is C[C@@H](O)[C@@H]1NC(=O)[C@@H](CC(=O)[C@H](CS)NC(=O)CN)CC=CN(N=N)CCC[C@@H](C(=O)C[C@H](Cc2ccc(O)cc2)C(=O)O)NC(=O)[C@H](CCC(N)=O)CC(=O)[C@H](Cc2c[nH]c3ccccc23)NC(=O)[C@H](CCCNC(N)=O)CC(=O)[C@H](CS)NC(=O)[C@H](CCCN=C(N)N)CC(=O)[C@@H]2CCCN2C(=O)[C@H](CC(=O)O)CC1=O. The molecule has 22 N–H and O–H groups in total. The van der Waals surface area contributed by atoms with Crippen molar-refractivity contribution in [2.45, 2.75) is 178 Å². The zero-order chi connectivity index (χ0) is 83.6. The van der Waals surface area contributed by atoms with Gasteiger partial charge in [0.2, 0.25) is 41.4 Å². The van der Waals surface area contributed by atoms with Gasteiger partial charge in [0.15, 0.2) is 40.7 Å². The zero-order valence-corrected chi connectivity index (χ0v) is 64.6. The van der Waals surface area contributed by atoms with Gasteiger partial charge in [0.25, 0.3) is 0 Å². The maximum absolute atomic E-state index is 15.3. The number of aliphatic carboxylic acids is 2. The number of nitrogens with one attached hydrogen (secondary N) is 8. The number of aliphatic hydroxyl groups excluding tert-OH is 1. The van der Waals surface area contributed by atoms with Gasteiger partial charge >= 0.3 is 18.0 Å². The van der Waals surface area contributed by atoms with Gasteiger partial charge in [-0.15, -0.1) is 0 Å². The maximum atomic E-state index is 15.3. The van der Waals surface area contributed by atoms with Crippen molar-refractivity contribution >= 4 is 136 Å². The van der Waals surface area contributed by atoms with Gasteiger partial charge in [0.05, 0.1) is 61.1 Å². The molecule has 618 valence electrons. The van der Waals surface area contributed by atoms with E-state index in [4.69, 9.17) is 34.2 Å². The Morgan fingerprint density at radius 3 is 1.94 bits per heavy atom. The predicted molar refractivity (Wildman–Crippen MR) is 415 cm³/mol. The largest absolute Gasteiger partial charge is 0.508 e. The summed E-state index contributed by atoms with van der Waals surface area (Å²) in [6.07, 6.45) is -5.35. The van der Waals surface area contributed by atoms with Crippen LogP contribution in [0, 0.1) is 41.0 Å². The number of rotatable bonds is 30. The number of phenolic OH excluding ortho intramolecular Hbond substituents is 1. The number of primary amides is 2. The number of carbonyl (C=O) groups is 16. The predicted octanol–water partition coefficient (Wildman–Crippen LogP) is -0.00233. The van der Waals surface area contributed by atoms with Gasteiger partial charge in [-0.25, -0.2) is 4.79 Å². The Balaban J connectivity index is 1.68. The third-order valence-corrected chi connectivity index (χ3v) is 20.4. The van der Waals surface area contributed by atoms with Crippen LogP contribution in [0.25, 0.3) is 10.9 Å². The van der Waals surface area contributed by atoms with Crippen LogP contribution in [0.2, 0.25) is 0 Å². The van der Waals surface area contributed by atoms with E-state index in [0.717, 1.165) is 16.8 Å². The molecule has 113 heavy (non-hydrogen) atoms. The van der Waals surface area contributed by atoms with E-state index in [1.807, 2.05) is 0 Å². The smallest absolute Gasteiger partial charge is 0.312 e. The maximum Gasteiger partial charge on any atom is 0.312 e. The number of Topliss-reactive ketones (excluding diaryl/α,β-unsaturated/α-hetero) is 6. The van der Waals surface area contributed by atoms with E-state index in [2.05, 4.69) is 72.4 Å². The number of aromatic amines is 1. The molecule has 0 saturated carbocycles. The Labute approximate surface area is 662 Å². The molecule has 39 heteroatoms. The number of urea groups is 1. The molecule has 1 fully saturated rings. The minimum absolute atomic E-state index is 0.00916. The number of hydrogen-bond donors (Lipinski definition) is 19. The van der Waals surface area contributed by atoms with Gasteiger partial charge in [-0.1, -0.05) is 41.6 Å². The molecular formula is C74H105N17O20S2. The van der Waals surface area contributed by atoms with E-state index in [0.29, 0.717) is 22.0 Å². The molecule has 9 amide bonds. The summed E-state index contributed by atoms with van der Waals surface area (Å²) >= 11 is 8.60. The molecule has 2 aliphatic heterocycles. The van der Waals surface area contributed by atoms with Crippen molar-refractivity contribution in [2.75, 3.05) is 44.2 Å². The third kappa shape index (κ3) is 30.7. The second-order valence-corrected chi connectivity index (χ2v) is 29.0. The molecule has 2 aliphatic rings. The molecule has 2 aromatic carbocycles. The molecule has 0 spiro atoms. The van der Waals surface area contributed by atoms with Gasteiger partial charge in [0.1, 0.15) is 11.8 Å². The first-order valence-electron chi connectivity index (χ1n) is 37.2. The van der Waals surface area contributed by atoms with Crippen LogP contribution in [-0.4, -0.2) is 222 Å². The van der Waals surface area contributed by atoms with Crippen LogP contribution >= 0.6 is 25.3 Å². The summed E-state index contributed by atoms with van der Waals surface area (Å²) in [5.74, 6) is -24.3. The number of guanidine groups is 1. The van der Waals surface area contributed by atoms with Crippen molar-refractivity contribution in [3.63, 3.8) is 0 Å². The number of nitrogens with two attached hydrogens (primary N) is 5. The lowest BCUT2D eigenvalue weighted by Crippen LogP contribution is -2.52. The molecule has 13 atom stereocenters. The number of carbonyl (C=O) groups excluding carboxylic acids is 14. The van der Waals surface area contributed by atoms with Crippen LogP contribution in [0.1, 0.15) is 134 Å². The van der Waals surface area contributed by atoms with Gasteiger partial charge in [0, 0.05) is 136 Å². The Kier molecular flexibility index (Phi) is 38.6. The van der Waals surface area contributed by atoms with Crippen molar-refractivity contribution < 1.29 is 97.1 Å². The molecule has 1 saturated heterocycles. The first kappa shape index (κ1) is 92.9. The summed E-state index contributed by atoms with van der Waals surface area (Å²) in [5, 5.41) is 62.3. The number of H-pyrrole nitrogens is 1. The number of phenols is 1. The molecule has 0 aliphatic carbocycles. The molecule has 37 nitrogen and oxygen atoms in total. The molecule has 3 heterocycles. The minimum atomic E-state index is -1.89. The summed E-state index contributed by atoms with van der Waals surface area (Å²) < 4.78 is 0. The molecule has 0 bridgehead atoms. The normalized spacial score (nSPS) is 23.0. The fourth-order valence-corrected chi connectivity index (χ4v) is 14.1. The topological polar surface area (TPSA) is 627 Å². The second-order valence-electron chi connectivity index (χ2n) is 28.3. The Morgan fingerprint density at radius 2 is 1.33 bits per heavy atom. The van der Waals surface area contributed by atoms with Crippen molar-refractivity contribution in [2.24, 2.45) is 74.4 Å². The lowest BCUT2D eigenvalue weighted by molar-refractivity contribution is -0.148. The van der Waals surface area contributed by atoms with Crippen LogP contribution in [-0.2, 0) is 84.8 Å². The number of thiol groups is 2. The van der Waals surface area contributed by atoms with Crippen LogP contribution in [0.5, 0.6) is 5.75 Å². The molecule has 1 aromatic heterocycles. The third-order valence-electron chi connectivity index (χ3n) is 19.7. The number of allylic oxidation sites excluding steroid dienone is 1. The summed E-state index contributed by atoms with van der Waals surface area (Å²) in [7, 11) is 0. The molecule has 0 radical (unpaired) electrons. The first-order valence-corrected chi connectivity index (χ1v) is 38.5. The zero-order valence-electron chi connectivity index (χ0n) is 62.8. The van der Waals surface area contributed by atoms with Crippen molar-refractivity contribution in [1.82, 2.24) is 46.8 Å². The molecule has 0 unspecified atom stereocenters. The Morgan fingerprint density at radius 1 is 0.717 bits per heavy atom. The number of aliphatic imine (C=N–C) groups is 1. The van der Waals surface area contributed by atoms with Crippen molar-refractivity contribution in [1.29, 1.82) is 5.53 Å². The number of benzene rings is 2. The van der Waals surface area contributed by atoms with Crippen LogP contribution < -0.4 is 60.6 Å². The number of hydrogen-bond acceptors (Lipinski definition) is 24. The van der Waals surface area contributed by atoms with E-state index in [9.17, 15) is 82.8 Å². The molecule has 5 rings (SSSR count). The Hall–Kier alpha value is -10.7. The van der Waals surface area contributed by atoms with Gasteiger partial charge in [-0.05, 0) is 107 Å². The van der Waals surface area contributed by atoms with Crippen LogP contribution in [0.4, 0.5) is 4.79 Å². The number of para-hydroxylation sites is 1. The van der Waals surface area contributed by atoms with Crippen LogP contribution in [0.3, 0.4) is 0 Å². The number of carboxylic acid groups (broad SMARTS) is 2. The number of nitrogens with zero attached hydrogens (tertiary/aromatic N) is 4. The van der Waals surface area contributed by atoms with E-state index in [1.54, 1.807) is 30.5 Å². The quantitative estimate of drug-likeness (QED) is 0.0137. The highest BCUT2D eigenvalue weighted by molar-refractivity contribution is 7.80. The number of aromatic nitrogens is 1. The highest BCUT2D eigenvalue weighted by Crippen LogP contribution is 2.30. The van der Waals surface area contributed by atoms with Crippen molar-refractivity contribution in [3.05, 3.63) is 78.1 Å². The lowest BCUT2D eigenvalue weighted by Gasteiger charge is -2.30. The lowest BCUT2D eigenvalue weighted by atomic mass is 9.88. The van der Waals surface area contributed by atoms with Crippen molar-refractivity contribution in [3.8, 4) is 5.75 Å². The summed E-state index contributed by atoms with van der Waals surface area (Å²) in [6.45, 7) is 0.0327. The highest BCUT2D eigenvalue weighted by Gasteiger charge is 2.43. The van der Waals surface area contributed by atoms with Gasteiger partial charge in [-0.2, -0.15) is 30.8 Å². The number of carboxylic acids is 2. The Bertz CT molecular complexity index is 3950. The number of ketones is 6. The minimum Gasteiger partial charge on any atom is -0.508 e. The average Bonchev–Trinajstić information content (AvgIpc) is 1.72. The number of aliphatic hydroxyl groups is 1. The van der Waals surface area contributed by atoms with Gasteiger partial charge < -0.3 is 90.9 Å². The summed E-state index contributed by atoms with van der Waals surface area (Å²) in [4.78, 5) is 232. The first-order chi connectivity index (χ1) is 53.7. The second kappa shape index (κ2) is 47.0. The molecule has 3 aromatic rings. The summed E-state index contributed by atoms with van der Waals surface area (Å²) in [5.41, 5.74) is 37.4. The number of aromatic hydroxyl groups is 1. The highest BCUT2D eigenvalue weighted by atomic mass is 32.1.